The normalized spacial score (nSPS) is 45.7. The first-order chi connectivity index (χ1) is 5.17. The van der Waals surface area contributed by atoms with Crippen LogP contribution >= 0.6 is 27.3 Å². The van der Waals surface area contributed by atoms with E-state index in [4.69, 9.17) is 9.05 Å². The molecule has 5 heteroatoms. The molecule has 2 rings (SSSR count). The van der Waals surface area contributed by atoms with Gasteiger partial charge in [-0.3, -0.25) is 4.52 Å². The number of rotatable bonds is 1. The van der Waals surface area contributed by atoms with Crippen LogP contribution in [0.15, 0.2) is 0 Å². The molecule has 0 aromatic rings. The van der Waals surface area contributed by atoms with E-state index in [-0.39, 0.29) is 6.10 Å². The molecule has 0 aromatic carbocycles. The summed E-state index contributed by atoms with van der Waals surface area (Å²) in [5.41, 5.74) is 0. The zero-order chi connectivity index (χ0) is 7.90. The first-order valence-corrected chi connectivity index (χ1v) is 8.13. The highest BCUT2D eigenvalue weighted by molar-refractivity contribution is 14.2. The van der Waals surface area contributed by atoms with Crippen molar-refractivity contribution >= 4 is 27.3 Å². The standard InChI is InChI=1S/C6H10IO3P/c7-11(8)9-4-3-6(10-11)5-1-2-5/h5-6H,1-4H2/t6-,11-/m1/s1. The largest absolute Gasteiger partial charge is 0.389 e. The second kappa shape index (κ2) is 2.98. The summed E-state index contributed by atoms with van der Waals surface area (Å²) in [6.45, 7) is 0.599. The van der Waals surface area contributed by atoms with E-state index in [9.17, 15) is 4.57 Å². The van der Waals surface area contributed by atoms with Crippen molar-refractivity contribution in [1.29, 1.82) is 0 Å². The highest BCUT2D eigenvalue weighted by atomic mass is 127. The van der Waals surface area contributed by atoms with Crippen molar-refractivity contribution in [1.82, 2.24) is 0 Å². The van der Waals surface area contributed by atoms with E-state index >= 15 is 0 Å². The van der Waals surface area contributed by atoms with Crippen molar-refractivity contribution in [3.63, 3.8) is 0 Å². The summed E-state index contributed by atoms with van der Waals surface area (Å²) < 4.78 is 21.6. The van der Waals surface area contributed by atoms with Crippen molar-refractivity contribution < 1.29 is 13.6 Å². The van der Waals surface area contributed by atoms with Gasteiger partial charge in [-0.2, -0.15) is 0 Å². The summed E-state index contributed by atoms with van der Waals surface area (Å²) in [5.74, 6) is 0.669. The fourth-order valence-corrected chi connectivity index (χ4v) is 3.77. The zero-order valence-electron chi connectivity index (χ0n) is 6.03. The van der Waals surface area contributed by atoms with E-state index in [0.717, 1.165) is 6.42 Å². The summed E-state index contributed by atoms with van der Waals surface area (Å²) in [7, 11) is 0. The van der Waals surface area contributed by atoms with Gasteiger partial charge in [-0.05, 0) is 25.2 Å². The molecule has 0 amide bonds. The Morgan fingerprint density at radius 2 is 2.09 bits per heavy atom. The molecule has 1 saturated heterocycles. The van der Waals surface area contributed by atoms with Crippen LogP contribution < -0.4 is 0 Å². The van der Waals surface area contributed by atoms with Gasteiger partial charge < -0.3 is 4.52 Å². The quantitative estimate of drug-likeness (QED) is 0.550. The molecule has 0 aromatic heterocycles. The third-order valence-electron chi connectivity index (χ3n) is 2.06. The van der Waals surface area contributed by atoms with Crippen molar-refractivity contribution in [2.75, 3.05) is 6.61 Å². The van der Waals surface area contributed by atoms with Crippen LogP contribution in [0.1, 0.15) is 19.3 Å². The second-order valence-electron chi connectivity index (χ2n) is 3.03. The summed E-state index contributed by atoms with van der Waals surface area (Å²) in [6.07, 6.45) is 3.60. The molecule has 0 spiro atoms. The van der Waals surface area contributed by atoms with Crippen LogP contribution in [0.3, 0.4) is 0 Å². The molecule has 0 unspecified atom stereocenters. The Bertz CT molecular complexity index is 204. The molecule has 2 aliphatic rings. The molecular weight excluding hydrogens is 278 g/mol. The summed E-state index contributed by atoms with van der Waals surface area (Å²) >= 11 is 1.78. The van der Waals surface area contributed by atoms with Crippen LogP contribution in [-0.2, 0) is 13.6 Å². The topological polar surface area (TPSA) is 35.5 Å². The monoisotopic (exact) mass is 288 g/mol. The Kier molecular flexibility index (Phi) is 2.30. The van der Waals surface area contributed by atoms with Crippen LogP contribution in [-0.4, -0.2) is 12.7 Å². The SMILES string of the molecule is O=[P@]1(I)OCC[C@H](C2CC2)O1. The van der Waals surface area contributed by atoms with Crippen molar-refractivity contribution in [2.24, 2.45) is 5.92 Å². The Morgan fingerprint density at radius 3 is 2.64 bits per heavy atom. The van der Waals surface area contributed by atoms with E-state index in [1.54, 1.807) is 22.0 Å². The molecule has 11 heavy (non-hydrogen) atoms. The van der Waals surface area contributed by atoms with Gasteiger partial charge >= 0.3 is 5.24 Å². The Morgan fingerprint density at radius 1 is 1.36 bits per heavy atom. The molecular formula is C6H10IO3P. The minimum absolute atomic E-state index is 0.214. The number of hydrogen-bond donors (Lipinski definition) is 0. The van der Waals surface area contributed by atoms with Gasteiger partial charge in [0.2, 0.25) is 0 Å². The highest BCUT2D eigenvalue weighted by Crippen LogP contribution is 2.62. The maximum atomic E-state index is 11.3. The molecule has 64 valence electrons. The lowest BCUT2D eigenvalue weighted by molar-refractivity contribution is 0.0804. The second-order valence-corrected chi connectivity index (χ2v) is 7.91. The van der Waals surface area contributed by atoms with E-state index in [1.807, 2.05) is 0 Å². The maximum Gasteiger partial charge on any atom is 0.389 e. The first kappa shape index (κ1) is 8.48. The van der Waals surface area contributed by atoms with Crippen molar-refractivity contribution in [3.05, 3.63) is 0 Å². The average Bonchev–Trinajstić information content (AvgIpc) is 2.65. The molecule has 0 radical (unpaired) electrons. The number of hydrogen-bond acceptors (Lipinski definition) is 3. The minimum atomic E-state index is -2.69. The molecule has 2 fully saturated rings. The smallest absolute Gasteiger partial charge is 0.301 e. The summed E-state index contributed by atoms with van der Waals surface area (Å²) in [5, 5.41) is -2.69. The Balaban J connectivity index is 1.97. The molecule has 0 bridgehead atoms. The molecule has 3 nitrogen and oxygen atoms in total. The average molecular weight is 288 g/mol. The van der Waals surface area contributed by atoms with Crippen LogP contribution in [0.5, 0.6) is 0 Å². The Labute approximate surface area is 78.8 Å². The van der Waals surface area contributed by atoms with Crippen LogP contribution in [0.2, 0.25) is 0 Å². The predicted octanol–water partition coefficient (Wildman–Crippen LogP) is 2.75. The third-order valence-corrected chi connectivity index (χ3v) is 4.59. The van der Waals surface area contributed by atoms with Gasteiger partial charge in [0, 0.05) is 0 Å². The molecule has 1 saturated carbocycles. The summed E-state index contributed by atoms with van der Waals surface area (Å²) in [4.78, 5) is 0. The lowest BCUT2D eigenvalue weighted by atomic mass is 10.2. The molecule has 1 aliphatic carbocycles. The molecule has 1 aliphatic heterocycles. The zero-order valence-corrected chi connectivity index (χ0v) is 9.08. The summed E-state index contributed by atoms with van der Waals surface area (Å²) in [6, 6.07) is 0. The van der Waals surface area contributed by atoms with E-state index in [1.165, 1.54) is 12.8 Å². The lowest BCUT2D eigenvalue weighted by Gasteiger charge is -2.25. The van der Waals surface area contributed by atoms with Gasteiger partial charge in [0.15, 0.2) is 0 Å². The molecule has 2 atom stereocenters. The highest BCUT2D eigenvalue weighted by Gasteiger charge is 2.39. The maximum absolute atomic E-state index is 11.3. The minimum Gasteiger partial charge on any atom is -0.301 e. The van der Waals surface area contributed by atoms with Gasteiger partial charge in [-0.25, -0.2) is 4.57 Å². The van der Waals surface area contributed by atoms with Crippen LogP contribution in [0, 0.1) is 5.92 Å². The van der Waals surface area contributed by atoms with Crippen LogP contribution in [0.25, 0.3) is 0 Å². The van der Waals surface area contributed by atoms with Gasteiger partial charge in [0.25, 0.3) is 0 Å². The van der Waals surface area contributed by atoms with Gasteiger partial charge in [-0.15, -0.1) is 0 Å². The fraction of sp³-hybridized carbons (Fsp3) is 1.00. The van der Waals surface area contributed by atoms with Gasteiger partial charge in [0.1, 0.15) is 0 Å². The van der Waals surface area contributed by atoms with E-state index in [2.05, 4.69) is 0 Å². The fourth-order valence-electron chi connectivity index (χ4n) is 1.31. The van der Waals surface area contributed by atoms with Crippen molar-refractivity contribution in [3.8, 4) is 0 Å². The van der Waals surface area contributed by atoms with Gasteiger partial charge in [0.05, 0.1) is 34.8 Å². The Hall–Kier alpha value is 0.880. The van der Waals surface area contributed by atoms with Gasteiger partial charge in [-0.1, -0.05) is 0 Å². The predicted molar refractivity (Wildman–Crippen MR) is 49.8 cm³/mol. The van der Waals surface area contributed by atoms with Crippen LogP contribution in [0.4, 0.5) is 0 Å². The number of halogens is 1. The molecule has 1 heterocycles. The van der Waals surface area contributed by atoms with Crippen molar-refractivity contribution in [2.45, 2.75) is 25.4 Å². The van der Waals surface area contributed by atoms with E-state index in [0.29, 0.717) is 12.5 Å². The van der Waals surface area contributed by atoms with E-state index < -0.39 is 5.24 Å². The molecule has 0 N–H and O–H groups in total. The lowest BCUT2D eigenvalue weighted by Crippen LogP contribution is -2.20. The first-order valence-electron chi connectivity index (χ1n) is 3.80. The third kappa shape index (κ3) is 2.17.